The predicted molar refractivity (Wildman–Crippen MR) is 156 cm³/mol. The van der Waals surface area contributed by atoms with Crippen molar-refractivity contribution in [1.82, 2.24) is 34.7 Å². The molecular weight excluding hydrogens is 593 g/mol. The first-order chi connectivity index (χ1) is 21.6. The minimum absolute atomic E-state index is 0.0437. The summed E-state index contributed by atoms with van der Waals surface area (Å²) in [4.78, 5) is 23.4. The van der Waals surface area contributed by atoms with Gasteiger partial charge >= 0.3 is 6.18 Å². The van der Waals surface area contributed by atoms with Gasteiger partial charge in [0.05, 0.1) is 68.9 Å². The van der Waals surface area contributed by atoms with Crippen LogP contribution >= 0.6 is 0 Å². The molecule has 1 unspecified atom stereocenters. The van der Waals surface area contributed by atoms with E-state index in [0.29, 0.717) is 41.6 Å². The molecule has 1 aliphatic heterocycles. The van der Waals surface area contributed by atoms with Crippen molar-refractivity contribution in [2.75, 3.05) is 37.0 Å². The van der Waals surface area contributed by atoms with Gasteiger partial charge in [-0.1, -0.05) is 17.3 Å². The van der Waals surface area contributed by atoms with Crippen LogP contribution in [0, 0.1) is 11.3 Å². The highest BCUT2D eigenvalue weighted by Gasteiger charge is 2.38. The molecule has 4 heterocycles. The summed E-state index contributed by atoms with van der Waals surface area (Å²) < 4.78 is 55.3. The van der Waals surface area contributed by atoms with Gasteiger partial charge in [-0.05, 0) is 37.5 Å². The molecule has 0 bridgehead atoms. The minimum atomic E-state index is -4.89. The van der Waals surface area contributed by atoms with E-state index in [9.17, 15) is 18.0 Å². The van der Waals surface area contributed by atoms with Crippen molar-refractivity contribution in [3.63, 3.8) is 0 Å². The summed E-state index contributed by atoms with van der Waals surface area (Å²) in [6, 6.07) is 8.18. The maximum absolute atomic E-state index is 14.0. The fourth-order valence-corrected chi connectivity index (χ4v) is 4.97. The van der Waals surface area contributed by atoms with Gasteiger partial charge in [0.1, 0.15) is 23.1 Å². The number of benzene rings is 1. The second-order valence-electron chi connectivity index (χ2n) is 10.6. The first-order valence-corrected chi connectivity index (χ1v) is 14.2. The molecule has 45 heavy (non-hydrogen) atoms. The third-order valence-electron chi connectivity index (χ3n) is 7.28. The van der Waals surface area contributed by atoms with Crippen LogP contribution < -0.4 is 20.5 Å². The number of methoxy groups -OCH3 is 1. The molecule has 3 aromatic heterocycles. The lowest BCUT2D eigenvalue weighted by atomic mass is 10.1. The molecule has 13 nitrogen and oxygen atoms in total. The lowest BCUT2D eigenvalue weighted by Gasteiger charge is -2.31. The number of alkyl halides is 3. The number of halogens is 3. The Hall–Kier alpha value is -5.04. The highest BCUT2D eigenvalue weighted by atomic mass is 19.4. The van der Waals surface area contributed by atoms with E-state index in [2.05, 4.69) is 35.6 Å². The maximum atomic E-state index is 14.0. The van der Waals surface area contributed by atoms with Gasteiger partial charge in [0.15, 0.2) is 0 Å². The van der Waals surface area contributed by atoms with E-state index in [1.165, 1.54) is 19.5 Å². The summed E-state index contributed by atoms with van der Waals surface area (Å²) in [6.07, 6.45) is 2.50. The summed E-state index contributed by atoms with van der Waals surface area (Å²) in [5, 5.41) is 24.0. The molecule has 0 radical (unpaired) electrons. The Morgan fingerprint density at radius 1 is 1.13 bits per heavy atom. The Morgan fingerprint density at radius 3 is 2.49 bits per heavy atom. The van der Waals surface area contributed by atoms with Crippen LogP contribution in [0.25, 0.3) is 0 Å². The molecule has 0 spiro atoms. The van der Waals surface area contributed by atoms with E-state index in [1.54, 1.807) is 42.1 Å². The Balaban J connectivity index is 1.13. The monoisotopic (exact) mass is 624 g/mol. The van der Waals surface area contributed by atoms with Crippen molar-refractivity contribution in [3.05, 3.63) is 81.8 Å². The van der Waals surface area contributed by atoms with Crippen LogP contribution in [-0.2, 0) is 24.1 Å². The van der Waals surface area contributed by atoms with Gasteiger partial charge in [-0.15, -0.1) is 5.10 Å². The number of ether oxygens (including phenoxy) is 2. The van der Waals surface area contributed by atoms with Gasteiger partial charge in [0.2, 0.25) is 5.95 Å². The average Bonchev–Trinajstić information content (AvgIpc) is 3.51. The fourth-order valence-electron chi connectivity index (χ4n) is 4.97. The lowest BCUT2D eigenvalue weighted by molar-refractivity contribution is -0.138. The van der Waals surface area contributed by atoms with Crippen molar-refractivity contribution < 1.29 is 22.6 Å². The molecule has 236 valence electrons. The van der Waals surface area contributed by atoms with Gasteiger partial charge in [0.25, 0.3) is 5.56 Å². The second-order valence-corrected chi connectivity index (χ2v) is 10.6. The van der Waals surface area contributed by atoms with Gasteiger partial charge < -0.3 is 19.7 Å². The van der Waals surface area contributed by atoms with Crippen molar-refractivity contribution in [3.8, 4) is 11.8 Å². The fraction of sp³-hybridized carbons (Fsp3) is 0.414. The van der Waals surface area contributed by atoms with Crippen LogP contribution in [0.3, 0.4) is 0 Å². The number of aromatic nitrogens is 7. The number of anilines is 2. The maximum Gasteiger partial charge on any atom is 0.423 e. The van der Waals surface area contributed by atoms with Gasteiger partial charge in [-0.2, -0.15) is 23.5 Å². The number of nitrogens with zero attached hydrogens (tertiary/aromatic N) is 9. The zero-order chi connectivity index (χ0) is 32.0. The second kappa shape index (κ2) is 13.7. The zero-order valence-electron chi connectivity index (χ0n) is 24.6. The SMILES string of the molecule is COc1ccc(Cn2ncc(NC(C)COCc3cn(C4CCN(c5ncc(C#N)cn5)CC4)nn3)c(C(F)(F)F)c2=O)cc1. The molecule has 0 amide bonds. The molecule has 1 aromatic carbocycles. The summed E-state index contributed by atoms with van der Waals surface area (Å²) in [5.41, 5.74) is -1.40. The van der Waals surface area contributed by atoms with Crippen LogP contribution in [0.5, 0.6) is 5.75 Å². The number of nitrogens with one attached hydrogen (secondary N) is 1. The summed E-state index contributed by atoms with van der Waals surface area (Å²) >= 11 is 0. The van der Waals surface area contributed by atoms with E-state index < -0.39 is 29.0 Å². The summed E-state index contributed by atoms with van der Waals surface area (Å²) in [7, 11) is 1.50. The average molecular weight is 625 g/mol. The molecule has 16 heteroatoms. The molecule has 5 rings (SSSR count). The van der Waals surface area contributed by atoms with Crippen LogP contribution in [0.1, 0.15) is 48.2 Å². The topological polar surface area (TPSA) is 149 Å². The highest BCUT2D eigenvalue weighted by molar-refractivity contribution is 5.50. The molecule has 1 atom stereocenters. The third-order valence-corrected chi connectivity index (χ3v) is 7.28. The quantitative estimate of drug-likeness (QED) is 0.262. The first kappa shape index (κ1) is 31.4. The van der Waals surface area contributed by atoms with Crippen molar-refractivity contribution in [1.29, 1.82) is 5.26 Å². The zero-order valence-corrected chi connectivity index (χ0v) is 24.6. The Labute approximate surface area is 256 Å². The van der Waals surface area contributed by atoms with Crippen molar-refractivity contribution in [2.24, 2.45) is 0 Å². The predicted octanol–water partition coefficient (Wildman–Crippen LogP) is 3.43. The minimum Gasteiger partial charge on any atom is -0.497 e. The molecule has 1 N–H and O–H groups in total. The molecule has 4 aromatic rings. The highest BCUT2D eigenvalue weighted by Crippen LogP contribution is 2.32. The standard InChI is InChI=1S/C29H31F3N10O3/c1-19(37-25-14-36-42(27(43)26(25)29(30,31)32)15-20-3-5-24(44-2)6-4-20)17-45-18-22-16-41(39-38-22)23-7-9-40(10-8-23)28-34-12-21(11-33)13-35-28/h3-6,12-14,16,19,23,37H,7-10,15,17-18H2,1-2H3. The van der Waals surface area contributed by atoms with Gasteiger partial charge in [-0.3, -0.25) is 4.79 Å². The molecule has 0 aliphatic carbocycles. The molecule has 1 saturated heterocycles. The smallest absolute Gasteiger partial charge is 0.423 e. The van der Waals surface area contributed by atoms with Crippen molar-refractivity contribution in [2.45, 2.75) is 51.2 Å². The van der Waals surface area contributed by atoms with E-state index >= 15 is 0 Å². The van der Waals surface area contributed by atoms with Crippen LogP contribution in [-0.4, -0.2) is 67.6 Å². The normalized spacial score (nSPS) is 14.6. The number of rotatable bonds is 11. The number of piperidine rings is 1. The van der Waals surface area contributed by atoms with Crippen LogP contribution in [0.2, 0.25) is 0 Å². The van der Waals surface area contributed by atoms with Crippen LogP contribution in [0.15, 0.2) is 53.8 Å². The molecule has 1 aliphatic rings. The molecular formula is C29H31F3N10O3. The van der Waals surface area contributed by atoms with E-state index in [-0.39, 0.29) is 25.8 Å². The van der Waals surface area contributed by atoms with Gasteiger partial charge in [0, 0.05) is 19.1 Å². The summed E-state index contributed by atoms with van der Waals surface area (Å²) in [6.45, 7) is 3.10. The largest absolute Gasteiger partial charge is 0.497 e. The molecule has 1 fully saturated rings. The Kier molecular flexibility index (Phi) is 9.57. The molecule has 0 saturated carbocycles. The van der Waals surface area contributed by atoms with Gasteiger partial charge in [-0.25, -0.2) is 19.3 Å². The van der Waals surface area contributed by atoms with E-state index in [4.69, 9.17) is 14.7 Å². The van der Waals surface area contributed by atoms with Crippen molar-refractivity contribution >= 4 is 11.6 Å². The Bertz CT molecular complexity index is 1680. The Morgan fingerprint density at radius 2 is 1.84 bits per heavy atom. The summed E-state index contributed by atoms with van der Waals surface area (Å²) in [5.74, 6) is 1.17. The lowest BCUT2D eigenvalue weighted by Crippen LogP contribution is -2.35. The van der Waals surface area contributed by atoms with Crippen LogP contribution in [0.4, 0.5) is 24.8 Å². The van der Waals surface area contributed by atoms with E-state index in [1.807, 2.05) is 6.07 Å². The number of hydrogen-bond acceptors (Lipinski definition) is 11. The number of nitriles is 1. The van der Waals surface area contributed by atoms with E-state index in [0.717, 1.165) is 23.7 Å². The number of hydrogen-bond donors (Lipinski definition) is 1. The first-order valence-electron chi connectivity index (χ1n) is 14.2. The third kappa shape index (κ3) is 7.73.